The highest BCUT2D eigenvalue weighted by Crippen LogP contribution is 2.38. The highest BCUT2D eigenvalue weighted by molar-refractivity contribution is 7.90. The Balaban J connectivity index is 1.65. The first-order valence-corrected chi connectivity index (χ1v) is 11.3. The van der Waals surface area contributed by atoms with Crippen molar-refractivity contribution in [2.45, 2.75) is 18.4 Å². The minimum absolute atomic E-state index is 0.237. The average Bonchev–Trinajstić information content (AvgIpc) is 3.25. The molecule has 31 heavy (non-hydrogen) atoms. The van der Waals surface area contributed by atoms with E-state index in [0.29, 0.717) is 17.8 Å². The predicted octanol–water partition coefficient (Wildman–Crippen LogP) is 4.70. The zero-order valence-corrected chi connectivity index (χ0v) is 18.0. The molecular formula is C24H21N3O3S. The Labute approximate surface area is 181 Å². The van der Waals surface area contributed by atoms with E-state index in [0.717, 1.165) is 37.8 Å². The standard InChI is InChI=1S/C24H21N3O3S/c1-16-8-10-20(17-6-4-3-5-7-17)23(12-16)31(28,29)27-15-18-14-25-22-13-19(30-2)9-11-21(22)24(18)26-27/h3-13,15,25H,14H2,1-2H3. The molecule has 0 amide bonds. The molecule has 0 atom stereocenters. The summed E-state index contributed by atoms with van der Waals surface area (Å²) in [6, 6.07) is 20.6. The number of nitrogens with one attached hydrogen (secondary N) is 1. The van der Waals surface area contributed by atoms with Crippen LogP contribution in [0, 0.1) is 6.92 Å². The van der Waals surface area contributed by atoms with Crippen molar-refractivity contribution in [1.29, 1.82) is 0 Å². The van der Waals surface area contributed by atoms with Crippen LogP contribution < -0.4 is 10.1 Å². The van der Waals surface area contributed by atoms with E-state index in [1.807, 2.05) is 67.6 Å². The van der Waals surface area contributed by atoms with Crippen molar-refractivity contribution in [3.8, 4) is 28.1 Å². The molecule has 0 spiro atoms. The van der Waals surface area contributed by atoms with E-state index in [2.05, 4.69) is 10.4 Å². The van der Waals surface area contributed by atoms with Crippen LogP contribution in [0.1, 0.15) is 11.1 Å². The molecule has 2 heterocycles. The van der Waals surface area contributed by atoms with Crippen molar-refractivity contribution < 1.29 is 13.2 Å². The number of nitrogens with zero attached hydrogens (tertiary/aromatic N) is 2. The van der Waals surface area contributed by atoms with Crippen LogP contribution in [0.15, 0.2) is 77.8 Å². The third kappa shape index (κ3) is 3.27. The minimum Gasteiger partial charge on any atom is -0.497 e. The molecule has 1 N–H and O–H groups in total. The Kier molecular flexibility index (Phi) is 4.55. The van der Waals surface area contributed by atoms with Gasteiger partial charge in [0, 0.05) is 41.2 Å². The molecule has 5 rings (SSSR count). The van der Waals surface area contributed by atoms with E-state index in [9.17, 15) is 8.42 Å². The lowest BCUT2D eigenvalue weighted by Gasteiger charge is -2.17. The second-order valence-corrected chi connectivity index (χ2v) is 9.28. The molecule has 1 aliphatic heterocycles. The van der Waals surface area contributed by atoms with Gasteiger partial charge in [-0.1, -0.05) is 42.5 Å². The molecule has 156 valence electrons. The van der Waals surface area contributed by atoms with Crippen LogP contribution in [-0.2, 0) is 16.6 Å². The van der Waals surface area contributed by atoms with E-state index >= 15 is 0 Å². The maximum atomic E-state index is 13.7. The topological polar surface area (TPSA) is 73.2 Å². The van der Waals surface area contributed by atoms with Crippen molar-refractivity contribution in [3.05, 3.63) is 84.1 Å². The number of aryl methyl sites for hydroxylation is 1. The van der Waals surface area contributed by atoms with Gasteiger partial charge in [-0.05, 0) is 36.2 Å². The number of ether oxygens (including phenoxy) is 1. The molecule has 0 aliphatic carbocycles. The summed E-state index contributed by atoms with van der Waals surface area (Å²) in [6.45, 7) is 2.37. The van der Waals surface area contributed by atoms with Gasteiger partial charge in [0.05, 0.1) is 12.0 Å². The Bertz CT molecular complexity index is 1390. The molecule has 1 aliphatic rings. The number of aromatic nitrogens is 2. The molecule has 0 saturated carbocycles. The number of hydrogen-bond acceptors (Lipinski definition) is 5. The van der Waals surface area contributed by atoms with Crippen LogP contribution in [0.4, 0.5) is 5.69 Å². The molecule has 0 saturated heterocycles. The molecule has 0 radical (unpaired) electrons. The first kappa shape index (κ1) is 19.4. The summed E-state index contributed by atoms with van der Waals surface area (Å²) in [5.41, 5.74) is 5.58. The monoisotopic (exact) mass is 431 g/mol. The first-order valence-electron chi connectivity index (χ1n) is 9.90. The number of anilines is 1. The highest BCUT2D eigenvalue weighted by Gasteiger charge is 2.27. The Hall–Kier alpha value is -3.58. The van der Waals surface area contributed by atoms with Crippen LogP contribution in [0.25, 0.3) is 22.4 Å². The van der Waals surface area contributed by atoms with Gasteiger partial charge in [-0.15, -0.1) is 0 Å². The quantitative estimate of drug-likeness (QED) is 0.507. The third-order valence-corrected chi connectivity index (χ3v) is 7.04. The van der Waals surface area contributed by atoms with Gasteiger partial charge in [0.15, 0.2) is 0 Å². The summed E-state index contributed by atoms with van der Waals surface area (Å²) in [5.74, 6) is 0.731. The fourth-order valence-corrected chi connectivity index (χ4v) is 5.31. The molecule has 0 fully saturated rings. The van der Waals surface area contributed by atoms with Crippen molar-refractivity contribution in [2.24, 2.45) is 0 Å². The number of rotatable bonds is 4. The third-order valence-electron chi connectivity index (χ3n) is 5.47. The summed E-state index contributed by atoms with van der Waals surface area (Å²) in [4.78, 5) is 0.237. The lowest BCUT2D eigenvalue weighted by atomic mass is 10.0. The number of benzene rings is 3. The van der Waals surface area contributed by atoms with Gasteiger partial charge in [0.25, 0.3) is 10.0 Å². The molecule has 4 aromatic rings. The lowest BCUT2D eigenvalue weighted by Crippen LogP contribution is -2.15. The lowest BCUT2D eigenvalue weighted by molar-refractivity contribution is 0.415. The fourth-order valence-electron chi connectivity index (χ4n) is 3.86. The Morgan fingerprint density at radius 1 is 1.00 bits per heavy atom. The van der Waals surface area contributed by atoms with E-state index in [4.69, 9.17) is 4.74 Å². The Morgan fingerprint density at radius 2 is 1.77 bits per heavy atom. The SMILES string of the molecule is COc1ccc2c(c1)NCc1cn(S(=O)(=O)c3cc(C)ccc3-c3ccccc3)nc1-2. The van der Waals surface area contributed by atoms with E-state index in [1.165, 1.54) is 0 Å². The van der Waals surface area contributed by atoms with E-state index < -0.39 is 10.0 Å². The van der Waals surface area contributed by atoms with Gasteiger partial charge in [-0.2, -0.15) is 17.6 Å². The van der Waals surface area contributed by atoms with Gasteiger partial charge in [-0.25, -0.2) is 0 Å². The van der Waals surface area contributed by atoms with Crippen LogP contribution >= 0.6 is 0 Å². The fraction of sp³-hybridized carbons (Fsp3) is 0.125. The van der Waals surface area contributed by atoms with E-state index in [1.54, 1.807) is 19.4 Å². The zero-order valence-electron chi connectivity index (χ0n) is 17.2. The first-order chi connectivity index (χ1) is 15.0. The van der Waals surface area contributed by atoms with Crippen molar-refractivity contribution in [3.63, 3.8) is 0 Å². The van der Waals surface area contributed by atoms with Crippen molar-refractivity contribution in [1.82, 2.24) is 9.19 Å². The summed E-state index contributed by atoms with van der Waals surface area (Å²) in [5, 5.41) is 7.82. The molecule has 7 heteroatoms. The van der Waals surface area contributed by atoms with Crippen LogP contribution in [0.3, 0.4) is 0 Å². The predicted molar refractivity (Wildman–Crippen MR) is 121 cm³/mol. The van der Waals surface area contributed by atoms with Gasteiger partial charge >= 0.3 is 0 Å². The molecule has 6 nitrogen and oxygen atoms in total. The summed E-state index contributed by atoms with van der Waals surface area (Å²) >= 11 is 0. The smallest absolute Gasteiger partial charge is 0.283 e. The molecule has 3 aromatic carbocycles. The van der Waals surface area contributed by atoms with Crippen molar-refractivity contribution in [2.75, 3.05) is 12.4 Å². The van der Waals surface area contributed by atoms with Crippen molar-refractivity contribution >= 4 is 15.7 Å². The zero-order chi connectivity index (χ0) is 21.6. The van der Waals surface area contributed by atoms with Gasteiger partial charge in [0.1, 0.15) is 11.4 Å². The highest BCUT2D eigenvalue weighted by atomic mass is 32.2. The number of methoxy groups -OCH3 is 1. The normalized spacial score (nSPS) is 12.6. The van der Waals surface area contributed by atoms with Crippen LogP contribution in [0.2, 0.25) is 0 Å². The largest absolute Gasteiger partial charge is 0.497 e. The minimum atomic E-state index is -3.90. The Morgan fingerprint density at radius 3 is 2.55 bits per heavy atom. The van der Waals surface area contributed by atoms with Gasteiger partial charge in [0.2, 0.25) is 0 Å². The summed E-state index contributed by atoms with van der Waals surface area (Å²) in [7, 11) is -2.28. The van der Waals surface area contributed by atoms with Crippen LogP contribution in [0.5, 0.6) is 5.75 Å². The van der Waals surface area contributed by atoms with Crippen LogP contribution in [-0.4, -0.2) is 24.7 Å². The molecule has 1 aromatic heterocycles. The maximum Gasteiger partial charge on any atom is 0.283 e. The maximum absolute atomic E-state index is 13.7. The number of fused-ring (bicyclic) bond motifs is 3. The second-order valence-electron chi connectivity index (χ2n) is 7.51. The van der Waals surface area contributed by atoms with Gasteiger partial charge < -0.3 is 10.1 Å². The number of hydrogen-bond donors (Lipinski definition) is 1. The van der Waals surface area contributed by atoms with Gasteiger partial charge in [-0.3, -0.25) is 0 Å². The average molecular weight is 432 g/mol. The summed E-state index contributed by atoms with van der Waals surface area (Å²) < 4.78 is 33.7. The molecule has 0 unspecified atom stereocenters. The van der Waals surface area contributed by atoms with E-state index in [-0.39, 0.29) is 4.90 Å². The summed E-state index contributed by atoms with van der Waals surface area (Å²) in [6.07, 6.45) is 1.60. The second kappa shape index (κ2) is 7.28. The molecule has 0 bridgehead atoms. The molecular weight excluding hydrogens is 410 g/mol.